The van der Waals surface area contributed by atoms with Crippen LogP contribution in [0.3, 0.4) is 0 Å². The third-order valence-electron chi connectivity index (χ3n) is 1.55. The van der Waals surface area contributed by atoms with E-state index in [0.29, 0.717) is 0 Å². The second kappa shape index (κ2) is 6.19. The highest BCUT2D eigenvalue weighted by Crippen LogP contribution is 2.14. The van der Waals surface area contributed by atoms with Crippen LogP contribution in [0.25, 0.3) is 0 Å². The van der Waals surface area contributed by atoms with E-state index in [1.54, 1.807) is 0 Å². The molecule has 1 atom stereocenters. The fourth-order valence-electron chi connectivity index (χ4n) is 0.710. The molecule has 0 aliphatic rings. The summed E-state index contributed by atoms with van der Waals surface area (Å²) in [6.45, 7) is 1.85. The lowest BCUT2D eigenvalue weighted by atomic mass is 9.72. The summed E-state index contributed by atoms with van der Waals surface area (Å²) in [5, 5.41) is 18.3. The lowest BCUT2D eigenvalue weighted by molar-refractivity contribution is 0.382. The first-order valence-electron chi connectivity index (χ1n) is 3.60. The lowest BCUT2D eigenvalue weighted by Crippen LogP contribution is -2.17. The average molecular weight is 209 g/mol. The fraction of sp³-hybridized carbons (Fsp3) is 1.00. The fourth-order valence-corrected chi connectivity index (χ4v) is 1.11. The van der Waals surface area contributed by atoms with Crippen molar-refractivity contribution in [2.75, 3.05) is 5.33 Å². The Morgan fingerprint density at radius 1 is 1.40 bits per heavy atom. The van der Waals surface area contributed by atoms with E-state index in [0.717, 1.165) is 24.6 Å². The van der Waals surface area contributed by atoms with Crippen molar-refractivity contribution in [1.82, 2.24) is 0 Å². The monoisotopic (exact) mass is 208 g/mol. The third-order valence-corrected chi connectivity index (χ3v) is 2.11. The van der Waals surface area contributed by atoms with Crippen molar-refractivity contribution < 1.29 is 10.0 Å². The molecule has 0 radical (unpaired) electrons. The zero-order valence-electron chi connectivity index (χ0n) is 6.26. The molecule has 2 nitrogen and oxygen atoms in total. The van der Waals surface area contributed by atoms with Crippen LogP contribution in [-0.2, 0) is 0 Å². The van der Waals surface area contributed by atoms with Crippen molar-refractivity contribution in [1.29, 1.82) is 0 Å². The van der Waals surface area contributed by atoms with Crippen LogP contribution in [-0.4, -0.2) is 22.5 Å². The summed E-state index contributed by atoms with van der Waals surface area (Å²) in [6, 6.07) is 0. The number of hydrogen-bond acceptors (Lipinski definition) is 2. The molecular formula is C6H14BBrO2. The molecule has 0 aromatic heterocycles. The minimum atomic E-state index is -1.14. The van der Waals surface area contributed by atoms with E-state index in [1.165, 1.54) is 0 Å². The van der Waals surface area contributed by atoms with Crippen LogP contribution in [0, 0.1) is 0 Å². The number of rotatable bonds is 5. The largest absolute Gasteiger partial charge is 0.454 e. The van der Waals surface area contributed by atoms with Crippen LogP contribution in [0.2, 0.25) is 5.82 Å². The van der Waals surface area contributed by atoms with Gasteiger partial charge in [-0.15, -0.1) is 0 Å². The van der Waals surface area contributed by atoms with Crippen molar-refractivity contribution in [2.45, 2.75) is 32.0 Å². The maximum atomic E-state index is 8.66. The van der Waals surface area contributed by atoms with Gasteiger partial charge in [0.2, 0.25) is 0 Å². The first kappa shape index (κ1) is 10.5. The van der Waals surface area contributed by atoms with Crippen molar-refractivity contribution in [2.24, 2.45) is 0 Å². The predicted molar refractivity (Wildman–Crippen MR) is 47.3 cm³/mol. The molecule has 0 aromatic carbocycles. The van der Waals surface area contributed by atoms with Gasteiger partial charge in [-0.25, -0.2) is 0 Å². The average Bonchev–Trinajstić information content (AvgIpc) is 1.88. The topological polar surface area (TPSA) is 40.5 Å². The smallest absolute Gasteiger partial charge is 0.427 e. The van der Waals surface area contributed by atoms with E-state index in [9.17, 15) is 0 Å². The molecule has 10 heavy (non-hydrogen) atoms. The van der Waals surface area contributed by atoms with Gasteiger partial charge in [0.1, 0.15) is 0 Å². The Kier molecular flexibility index (Phi) is 6.48. The molecule has 0 bridgehead atoms. The van der Waals surface area contributed by atoms with Gasteiger partial charge in [-0.3, -0.25) is 0 Å². The molecule has 0 aliphatic carbocycles. The first-order valence-corrected chi connectivity index (χ1v) is 4.72. The van der Waals surface area contributed by atoms with E-state index in [-0.39, 0.29) is 5.82 Å². The van der Waals surface area contributed by atoms with Gasteiger partial charge in [0.15, 0.2) is 0 Å². The van der Waals surface area contributed by atoms with Crippen molar-refractivity contribution >= 4 is 23.0 Å². The second-order valence-electron chi connectivity index (χ2n) is 2.58. The molecule has 0 spiro atoms. The molecule has 60 valence electrons. The van der Waals surface area contributed by atoms with Crippen LogP contribution in [0.15, 0.2) is 0 Å². The molecular weight excluding hydrogens is 195 g/mol. The van der Waals surface area contributed by atoms with Crippen LogP contribution >= 0.6 is 15.9 Å². The van der Waals surface area contributed by atoms with E-state index in [1.807, 2.05) is 6.92 Å². The molecule has 0 rings (SSSR count). The molecule has 4 heteroatoms. The number of hydrogen-bond donors (Lipinski definition) is 2. The maximum Gasteiger partial charge on any atom is 0.454 e. The van der Waals surface area contributed by atoms with E-state index in [2.05, 4.69) is 15.9 Å². The van der Waals surface area contributed by atoms with E-state index in [4.69, 9.17) is 10.0 Å². The Balaban J connectivity index is 3.13. The molecule has 0 aromatic rings. The predicted octanol–water partition coefficient (Wildman–Crippen LogP) is 1.41. The van der Waals surface area contributed by atoms with Gasteiger partial charge in [-0.05, 0) is 12.2 Å². The van der Waals surface area contributed by atoms with Crippen LogP contribution in [0.5, 0.6) is 0 Å². The van der Waals surface area contributed by atoms with Gasteiger partial charge in [0.25, 0.3) is 0 Å². The Bertz CT molecular complexity index is 80.1. The minimum absolute atomic E-state index is 0.0130. The highest BCUT2D eigenvalue weighted by Gasteiger charge is 2.16. The molecule has 0 heterocycles. The summed E-state index contributed by atoms with van der Waals surface area (Å²) in [5.41, 5.74) is 0. The Labute approximate surface area is 70.9 Å². The van der Waals surface area contributed by atoms with Gasteiger partial charge in [0, 0.05) is 5.33 Å². The highest BCUT2D eigenvalue weighted by molar-refractivity contribution is 9.09. The van der Waals surface area contributed by atoms with Crippen molar-refractivity contribution in [3.8, 4) is 0 Å². The van der Waals surface area contributed by atoms with Crippen molar-refractivity contribution in [3.05, 3.63) is 0 Å². The van der Waals surface area contributed by atoms with Gasteiger partial charge in [0.05, 0.1) is 0 Å². The molecule has 2 N–H and O–H groups in total. The summed E-state index contributed by atoms with van der Waals surface area (Å²) < 4.78 is 0. The summed E-state index contributed by atoms with van der Waals surface area (Å²) in [5.74, 6) is 0.0130. The van der Waals surface area contributed by atoms with E-state index >= 15 is 0 Å². The Morgan fingerprint density at radius 2 is 2.00 bits per heavy atom. The Hall–Kier alpha value is 0.465. The zero-order chi connectivity index (χ0) is 7.98. The van der Waals surface area contributed by atoms with Gasteiger partial charge in [-0.1, -0.05) is 35.7 Å². The van der Waals surface area contributed by atoms with Crippen LogP contribution in [0.4, 0.5) is 0 Å². The summed E-state index contributed by atoms with van der Waals surface area (Å²) in [4.78, 5) is 0. The molecule has 0 fully saturated rings. The lowest BCUT2D eigenvalue weighted by Gasteiger charge is -2.07. The van der Waals surface area contributed by atoms with Gasteiger partial charge >= 0.3 is 7.12 Å². The summed E-state index contributed by atoms with van der Waals surface area (Å²) >= 11 is 3.31. The molecule has 0 aliphatic heterocycles. The van der Waals surface area contributed by atoms with Crippen molar-refractivity contribution in [3.63, 3.8) is 0 Å². The quantitative estimate of drug-likeness (QED) is 0.408. The molecule has 0 saturated heterocycles. The Morgan fingerprint density at radius 3 is 2.40 bits per heavy atom. The highest BCUT2D eigenvalue weighted by atomic mass is 79.9. The standard InChI is InChI=1S/C6H14BBrO2/c1-6(7(9)10)4-2-3-5-8/h6,9-10H,2-5H2,1H3/t6-/m1/s1. The second-order valence-corrected chi connectivity index (χ2v) is 3.37. The number of unbranched alkanes of at least 4 members (excludes halogenated alkanes) is 1. The molecule has 0 saturated carbocycles. The summed E-state index contributed by atoms with van der Waals surface area (Å²) in [7, 11) is -1.14. The van der Waals surface area contributed by atoms with E-state index < -0.39 is 7.12 Å². The maximum absolute atomic E-state index is 8.66. The van der Waals surface area contributed by atoms with Crippen LogP contribution < -0.4 is 0 Å². The van der Waals surface area contributed by atoms with Gasteiger partial charge < -0.3 is 10.0 Å². The minimum Gasteiger partial charge on any atom is -0.427 e. The normalized spacial score (nSPS) is 13.2. The number of halogens is 1. The SMILES string of the molecule is C[C@H](CCCCBr)B(O)O. The first-order chi connectivity index (χ1) is 4.68. The van der Waals surface area contributed by atoms with Gasteiger partial charge in [-0.2, -0.15) is 0 Å². The third kappa shape index (κ3) is 5.27. The number of alkyl halides is 1. The van der Waals surface area contributed by atoms with Crippen LogP contribution in [0.1, 0.15) is 26.2 Å². The zero-order valence-corrected chi connectivity index (χ0v) is 7.84. The molecule has 0 unspecified atom stereocenters. The molecule has 0 amide bonds. The summed E-state index contributed by atoms with van der Waals surface area (Å²) in [6.07, 6.45) is 3.06.